The normalized spacial score (nSPS) is 33.0. The van der Waals surface area contributed by atoms with Crippen molar-refractivity contribution in [3.63, 3.8) is 0 Å². The van der Waals surface area contributed by atoms with Gasteiger partial charge in [0.15, 0.2) is 5.78 Å². The summed E-state index contributed by atoms with van der Waals surface area (Å²) >= 11 is 14.3. The van der Waals surface area contributed by atoms with Gasteiger partial charge in [0.25, 0.3) is 0 Å². The van der Waals surface area contributed by atoms with Crippen molar-refractivity contribution < 1.29 is 14.3 Å². The van der Waals surface area contributed by atoms with Gasteiger partial charge in [0.1, 0.15) is 15.8 Å². The zero-order chi connectivity index (χ0) is 23.3. The molecule has 0 aromatic heterocycles. The number of hydrogen-bond donors (Lipinski definition) is 0. The third-order valence-corrected chi connectivity index (χ3v) is 10.4. The van der Waals surface area contributed by atoms with Gasteiger partial charge in [-0.15, -0.1) is 0 Å². The standard InChI is InChI=1S/C28H32Cl2O3/c1-32-23-7-3-19(4-8-23)21-11-15-26(16-12-21)25(31)27(28(26,29)30)17-13-22(14-18-27)20-5-9-24(33-2)10-6-20/h3-10,21-22H,11-18H2,1-2H3. The lowest BCUT2D eigenvalue weighted by Gasteiger charge is -2.67. The summed E-state index contributed by atoms with van der Waals surface area (Å²) in [4.78, 5) is 13.8. The van der Waals surface area contributed by atoms with E-state index in [1.165, 1.54) is 11.1 Å². The van der Waals surface area contributed by atoms with Crippen LogP contribution in [0.5, 0.6) is 11.5 Å². The van der Waals surface area contributed by atoms with Crippen LogP contribution in [-0.2, 0) is 4.79 Å². The van der Waals surface area contributed by atoms with Crippen LogP contribution in [0.4, 0.5) is 0 Å². The third kappa shape index (κ3) is 3.41. The number of rotatable bonds is 4. The fourth-order valence-corrected chi connectivity index (χ4v) is 7.96. The molecule has 2 spiro atoms. The number of carbonyl (C=O) groups is 1. The summed E-state index contributed by atoms with van der Waals surface area (Å²) in [6, 6.07) is 16.6. The summed E-state index contributed by atoms with van der Waals surface area (Å²) in [5, 5.41) is 0. The van der Waals surface area contributed by atoms with E-state index < -0.39 is 15.2 Å². The van der Waals surface area contributed by atoms with E-state index in [9.17, 15) is 4.79 Å². The Morgan fingerprint density at radius 3 is 1.27 bits per heavy atom. The predicted molar refractivity (Wildman–Crippen MR) is 133 cm³/mol. The molecule has 3 nitrogen and oxygen atoms in total. The Morgan fingerprint density at radius 1 is 0.667 bits per heavy atom. The molecule has 2 aromatic carbocycles. The Kier molecular flexibility index (Phi) is 5.94. The molecule has 0 heterocycles. The minimum atomic E-state index is -0.965. The van der Waals surface area contributed by atoms with Gasteiger partial charge in [-0.25, -0.2) is 0 Å². The van der Waals surface area contributed by atoms with Crippen LogP contribution in [0.3, 0.4) is 0 Å². The molecule has 5 heteroatoms. The SMILES string of the molecule is COc1ccc(C2CCC3(CC2)C(=O)C2(CCC(c4ccc(OC)cc4)CC2)C3(Cl)Cl)cc1. The van der Waals surface area contributed by atoms with E-state index in [4.69, 9.17) is 32.7 Å². The third-order valence-electron chi connectivity index (χ3n) is 8.92. The summed E-state index contributed by atoms with van der Waals surface area (Å²) in [6.45, 7) is 0. The van der Waals surface area contributed by atoms with Gasteiger partial charge in [0, 0.05) is 0 Å². The molecule has 0 aliphatic heterocycles. The molecule has 0 saturated heterocycles. The van der Waals surface area contributed by atoms with Crippen LogP contribution < -0.4 is 9.47 Å². The maximum atomic E-state index is 13.8. The number of benzene rings is 2. The van der Waals surface area contributed by atoms with Gasteiger partial charge in [0.05, 0.1) is 25.0 Å². The molecule has 0 bridgehead atoms. The number of halogens is 2. The van der Waals surface area contributed by atoms with E-state index in [1.54, 1.807) is 14.2 Å². The van der Waals surface area contributed by atoms with Crippen molar-refractivity contribution in [2.75, 3.05) is 14.2 Å². The minimum Gasteiger partial charge on any atom is -0.497 e. The number of methoxy groups -OCH3 is 2. The molecule has 0 unspecified atom stereocenters. The smallest absolute Gasteiger partial charge is 0.151 e. The highest BCUT2D eigenvalue weighted by Crippen LogP contribution is 2.75. The van der Waals surface area contributed by atoms with Gasteiger partial charge in [-0.05, 0) is 98.6 Å². The number of ether oxygens (including phenoxy) is 2. The molecular formula is C28H32Cl2O3. The zero-order valence-corrected chi connectivity index (χ0v) is 20.9. The molecule has 0 amide bonds. The van der Waals surface area contributed by atoms with Crippen molar-refractivity contribution >= 4 is 29.0 Å². The van der Waals surface area contributed by atoms with Crippen molar-refractivity contribution in [3.05, 3.63) is 59.7 Å². The van der Waals surface area contributed by atoms with Crippen molar-refractivity contribution in [2.45, 2.75) is 67.5 Å². The fraction of sp³-hybridized carbons (Fsp3) is 0.536. The first-order valence-corrected chi connectivity index (χ1v) is 12.8. The quantitative estimate of drug-likeness (QED) is 0.420. The predicted octanol–water partition coefficient (Wildman–Crippen LogP) is 7.45. The number of carbonyl (C=O) groups excluding carboxylic acids is 1. The average molecular weight is 487 g/mol. The van der Waals surface area contributed by atoms with E-state index in [0.717, 1.165) is 62.9 Å². The second-order valence-electron chi connectivity index (χ2n) is 10.2. The van der Waals surface area contributed by atoms with Crippen LogP contribution in [0.15, 0.2) is 48.5 Å². The van der Waals surface area contributed by atoms with Crippen LogP contribution >= 0.6 is 23.2 Å². The molecule has 176 valence electrons. The molecule has 3 fully saturated rings. The lowest BCUT2D eigenvalue weighted by molar-refractivity contribution is -0.170. The van der Waals surface area contributed by atoms with Gasteiger partial charge in [-0.2, -0.15) is 0 Å². The van der Waals surface area contributed by atoms with E-state index in [-0.39, 0.29) is 0 Å². The highest BCUT2D eigenvalue weighted by Gasteiger charge is 2.79. The summed E-state index contributed by atoms with van der Waals surface area (Å²) in [7, 11) is 3.37. The Balaban J connectivity index is 1.26. The lowest BCUT2D eigenvalue weighted by Crippen LogP contribution is -2.74. The van der Waals surface area contributed by atoms with Gasteiger partial charge in [-0.3, -0.25) is 4.79 Å². The molecule has 33 heavy (non-hydrogen) atoms. The monoisotopic (exact) mass is 486 g/mol. The van der Waals surface area contributed by atoms with E-state index in [1.807, 2.05) is 24.3 Å². The van der Waals surface area contributed by atoms with E-state index in [0.29, 0.717) is 17.6 Å². The van der Waals surface area contributed by atoms with Gasteiger partial charge >= 0.3 is 0 Å². The van der Waals surface area contributed by atoms with Gasteiger partial charge in [0.2, 0.25) is 0 Å². The first-order chi connectivity index (χ1) is 15.9. The molecule has 3 aliphatic rings. The highest BCUT2D eigenvalue weighted by atomic mass is 35.5. The van der Waals surface area contributed by atoms with Crippen molar-refractivity contribution in [2.24, 2.45) is 10.8 Å². The lowest BCUT2D eigenvalue weighted by atomic mass is 9.42. The minimum absolute atomic E-state index is 0.335. The summed E-state index contributed by atoms with van der Waals surface area (Å²) in [5.74, 6) is 2.96. The topological polar surface area (TPSA) is 35.5 Å². The number of Topliss-reactive ketones (excluding diaryl/α,β-unsaturated/α-hetero) is 1. The molecule has 3 saturated carbocycles. The van der Waals surface area contributed by atoms with Crippen LogP contribution in [-0.4, -0.2) is 24.3 Å². The maximum absolute atomic E-state index is 13.8. The van der Waals surface area contributed by atoms with Crippen LogP contribution in [0.2, 0.25) is 0 Å². The van der Waals surface area contributed by atoms with Crippen molar-refractivity contribution in [1.29, 1.82) is 0 Å². The van der Waals surface area contributed by atoms with E-state index in [2.05, 4.69) is 24.3 Å². The molecule has 3 aliphatic carbocycles. The zero-order valence-electron chi connectivity index (χ0n) is 19.4. The molecular weight excluding hydrogens is 455 g/mol. The molecule has 5 rings (SSSR count). The second-order valence-corrected chi connectivity index (χ2v) is 11.5. The Hall–Kier alpha value is -1.71. The summed E-state index contributed by atoms with van der Waals surface area (Å²) < 4.78 is 9.60. The van der Waals surface area contributed by atoms with Gasteiger partial charge < -0.3 is 9.47 Å². The first kappa shape index (κ1) is 23.1. The Morgan fingerprint density at radius 2 is 1.00 bits per heavy atom. The number of hydrogen-bond acceptors (Lipinski definition) is 3. The fourth-order valence-electron chi connectivity index (χ4n) is 6.86. The first-order valence-electron chi connectivity index (χ1n) is 12.1. The molecule has 0 radical (unpaired) electrons. The van der Waals surface area contributed by atoms with Crippen molar-refractivity contribution in [3.8, 4) is 11.5 Å². The summed E-state index contributed by atoms with van der Waals surface area (Å²) in [5.41, 5.74) is 1.46. The summed E-state index contributed by atoms with van der Waals surface area (Å²) in [6.07, 6.45) is 6.90. The van der Waals surface area contributed by atoms with Crippen molar-refractivity contribution in [1.82, 2.24) is 0 Å². The second kappa shape index (κ2) is 8.50. The van der Waals surface area contributed by atoms with Crippen LogP contribution in [0.25, 0.3) is 0 Å². The largest absolute Gasteiger partial charge is 0.497 e. The molecule has 0 N–H and O–H groups in total. The van der Waals surface area contributed by atoms with E-state index >= 15 is 0 Å². The highest BCUT2D eigenvalue weighted by molar-refractivity contribution is 6.55. The Bertz CT molecular complexity index is 917. The molecule has 2 aromatic rings. The Labute approximate surface area is 206 Å². The maximum Gasteiger partial charge on any atom is 0.151 e. The number of ketones is 1. The number of alkyl halides is 2. The van der Waals surface area contributed by atoms with Crippen LogP contribution in [0, 0.1) is 10.8 Å². The average Bonchev–Trinajstić information content (AvgIpc) is 2.88. The molecule has 0 atom stereocenters. The van der Waals surface area contributed by atoms with Crippen LogP contribution in [0.1, 0.15) is 74.3 Å². The van der Waals surface area contributed by atoms with Gasteiger partial charge in [-0.1, -0.05) is 47.5 Å².